The number of rotatable bonds is 35. The van der Waals surface area contributed by atoms with E-state index in [4.69, 9.17) is 0 Å². The van der Waals surface area contributed by atoms with E-state index in [-0.39, 0.29) is 5.91 Å². The van der Waals surface area contributed by atoms with E-state index in [0.717, 1.165) is 32.2 Å². The molecule has 0 bridgehead atoms. The van der Waals surface area contributed by atoms with Gasteiger partial charge in [0.15, 0.2) is 0 Å². The molecule has 0 unspecified atom stereocenters. The lowest BCUT2D eigenvalue weighted by Gasteiger charge is -2.27. The summed E-state index contributed by atoms with van der Waals surface area (Å²) >= 11 is 0. The van der Waals surface area contributed by atoms with E-state index < -0.39 is 0 Å². The summed E-state index contributed by atoms with van der Waals surface area (Å²) in [6, 6.07) is 0. The number of quaternary nitrogens is 1. The molecule has 0 atom stereocenters. The summed E-state index contributed by atoms with van der Waals surface area (Å²) in [6.45, 7) is 6.03. The van der Waals surface area contributed by atoms with Gasteiger partial charge < -0.3 is 5.32 Å². The molecule has 266 valence electrons. The topological polar surface area (TPSA) is 46.2 Å². The molecule has 0 aromatic rings. The zero-order valence-corrected chi connectivity index (χ0v) is 31.3. The lowest BCUT2D eigenvalue weighted by molar-refractivity contribution is -0.814. The Bertz CT molecular complexity index is 672. The third-order valence-corrected chi connectivity index (χ3v) is 9.55. The molecule has 0 rings (SSSR count). The fourth-order valence-electron chi connectivity index (χ4n) is 6.22. The van der Waals surface area contributed by atoms with E-state index in [2.05, 4.69) is 31.3 Å². The highest BCUT2D eigenvalue weighted by molar-refractivity contribution is 5.75. The predicted octanol–water partition coefficient (Wildman–Crippen LogP) is 12.4. The quantitative estimate of drug-likeness (QED) is 0.0429. The molecule has 45 heavy (non-hydrogen) atoms. The van der Waals surface area contributed by atoms with Crippen LogP contribution >= 0.6 is 0 Å². The van der Waals surface area contributed by atoms with Crippen molar-refractivity contribution in [1.29, 1.82) is 0 Å². The van der Waals surface area contributed by atoms with Gasteiger partial charge in [0.1, 0.15) is 0 Å². The first-order chi connectivity index (χ1) is 21.9. The number of unbranched alkanes of at least 4 members (excludes halogenated alkanes) is 25. The van der Waals surface area contributed by atoms with Gasteiger partial charge in [-0.05, 0) is 38.5 Å². The van der Waals surface area contributed by atoms with Crippen molar-refractivity contribution in [2.75, 3.05) is 27.2 Å². The van der Waals surface area contributed by atoms with Crippen LogP contribution in [-0.2, 0) is 9.59 Å². The minimum absolute atomic E-state index is 0.176. The molecule has 0 aliphatic carbocycles. The van der Waals surface area contributed by atoms with Crippen LogP contribution < -0.4 is 5.32 Å². The van der Waals surface area contributed by atoms with Crippen LogP contribution in [-0.4, -0.2) is 43.5 Å². The number of hydrogen-bond acceptors (Lipinski definition) is 2. The van der Waals surface area contributed by atoms with Crippen molar-refractivity contribution in [3.63, 3.8) is 0 Å². The molecule has 0 saturated carbocycles. The molecule has 0 aliphatic heterocycles. The summed E-state index contributed by atoms with van der Waals surface area (Å²) in [5, 5.41) is 3.08. The van der Waals surface area contributed by atoms with Crippen LogP contribution in [0.4, 0.5) is 0 Å². The van der Waals surface area contributed by atoms with E-state index in [0.29, 0.717) is 29.8 Å². The van der Waals surface area contributed by atoms with Gasteiger partial charge in [-0.2, -0.15) is 0 Å². The highest BCUT2D eigenvalue weighted by Gasteiger charge is 2.24. The van der Waals surface area contributed by atoms with Crippen molar-refractivity contribution < 1.29 is 14.1 Å². The highest BCUT2D eigenvalue weighted by Crippen LogP contribution is 2.15. The number of hydrogen-bond donors (Lipinski definition) is 1. The minimum Gasteiger partial charge on any atom is -0.356 e. The Labute approximate surface area is 282 Å². The molecule has 0 spiro atoms. The standard InChI is InChI=1S/C41H80N2O2/c1-5-7-9-11-13-15-17-19-21-23-25-27-29-31-33-36-40(44)42-38-35-39-43(3,4)41(45)37-34-32-30-28-26-24-22-20-18-16-14-12-10-8-6-2/h20,22H,5-19,21,23-39H2,1-4H3/p+1/b22-20-. The summed E-state index contributed by atoms with van der Waals surface area (Å²) in [5.41, 5.74) is 0. The number of nitrogens with one attached hydrogen (secondary N) is 1. The molecule has 4 heteroatoms. The van der Waals surface area contributed by atoms with Crippen LogP contribution in [0.5, 0.6) is 0 Å². The molecule has 0 fully saturated rings. The molecule has 0 radical (unpaired) electrons. The van der Waals surface area contributed by atoms with Crippen LogP contribution in [0, 0.1) is 0 Å². The number of allylic oxidation sites excluding steroid dienone is 2. The Hall–Kier alpha value is -1.16. The molecule has 0 aromatic carbocycles. The number of carbonyl (C=O) groups is 2. The molecule has 0 heterocycles. The van der Waals surface area contributed by atoms with Crippen LogP contribution in [0.3, 0.4) is 0 Å². The fraction of sp³-hybridized carbons (Fsp3) is 0.902. The second-order valence-corrected chi connectivity index (χ2v) is 14.5. The summed E-state index contributed by atoms with van der Waals surface area (Å²) in [7, 11) is 4.05. The Morgan fingerprint density at radius 3 is 1.24 bits per heavy atom. The molecule has 2 amide bonds. The fourth-order valence-corrected chi connectivity index (χ4v) is 6.22. The number of amides is 2. The van der Waals surface area contributed by atoms with Crippen LogP contribution in [0.25, 0.3) is 0 Å². The number of carbonyl (C=O) groups excluding carboxylic acids is 2. The second kappa shape index (κ2) is 34.2. The molecule has 0 aliphatic rings. The summed E-state index contributed by atoms with van der Waals surface area (Å²) in [5.74, 6) is 0.506. The first-order valence-electron chi connectivity index (χ1n) is 20.2. The lowest BCUT2D eigenvalue weighted by atomic mass is 10.0. The second-order valence-electron chi connectivity index (χ2n) is 14.5. The normalized spacial score (nSPS) is 11.9. The lowest BCUT2D eigenvalue weighted by Crippen LogP contribution is -2.47. The van der Waals surface area contributed by atoms with Gasteiger partial charge in [0.2, 0.25) is 5.91 Å². The highest BCUT2D eigenvalue weighted by atomic mass is 16.2. The van der Waals surface area contributed by atoms with Gasteiger partial charge in [0.25, 0.3) is 0 Å². The van der Waals surface area contributed by atoms with Gasteiger partial charge in [-0.1, -0.05) is 167 Å². The Kier molecular flexibility index (Phi) is 33.3. The van der Waals surface area contributed by atoms with Crippen LogP contribution in [0.15, 0.2) is 12.2 Å². The van der Waals surface area contributed by atoms with E-state index in [9.17, 15) is 9.59 Å². The zero-order valence-electron chi connectivity index (χ0n) is 31.3. The van der Waals surface area contributed by atoms with Gasteiger partial charge in [0, 0.05) is 19.4 Å². The Morgan fingerprint density at radius 1 is 0.467 bits per heavy atom. The van der Waals surface area contributed by atoms with E-state index >= 15 is 0 Å². The molecule has 4 nitrogen and oxygen atoms in total. The maximum Gasteiger partial charge on any atom is 0.313 e. The summed E-state index contributed by atoms with van der Waals surface area (Å²) in [6.07, 6.45) is 43.7. The van der Waals surface area contributed by atoms with Crippen LogP contribution in [0.1, 0.15) is 213 Å². The predicted molar refractivity (Wildman–Crippen MR) is 199 cm³/mol. The molecule has 0 saturated heterocycles. The van der Waals surface area contributed by atoms with Crippen LogP contribution in [0.2, 0.25) is 0 Å². The summed E-state index contributed by atoms with van der Waals surface area (Å²) in [4.78, 5) is 25.0. The smallest absolute Gasteiger partial charge is 0.313 e. The zero-order chi connectivity index (χ0) is 33.1. The third-order valence-electron chi connectivity index (χ3n) is 9.55. The maximum atomic E-state index is 12.8. The van der Waals surface area contributed by atoms with Crippen molar-refractivity contribution in [2.45, 2.75) is 213 Å². The Morgan fingerprint density at radius 2 is 0.822 bits per heavy atom. The summed E-state index contributed by atoms with van der Waals surface area (Å²) < 4.78 is 0.429. The molecule has 1 N–H and O–H groups in total. The van der Waals surface area contributed by atoms with Crippen molar-refractivity contribution in [3.05, 3.63) is 12.2 Å². The average Bonchev–Trinajstić information content (AvgIpc) is 3.03. The van der Waals surface area contributed by atoms with Crippen molar-refractivity contribution in [2.24, 2.45) is 0 Å². The molecule has 0 aromatic heterocycles. The van der Waals surface area contributed by atoms with Gasteiger partial charge >= 0.3 is 5.91 Å². The molecular weight excluding hydrogens is 552 g/mol. The average molecular weight is 634 g/mol. The van der Waals surface area contributed by atoms with Gasteiger partial charge in [-0.25, -0.2) is 4.79 Å². The maximum absolute atomic E-state index is 12.8. The van der Waals surface area contributed by atoms with E-state index in [1.165, 1.54) is 161 Å². The Balaban J connectivity index is 3.53. The monoisotopic (exact) mass is 634 g/mol. The van der Waals surface area contributed by atoms with Gasteiger partial charge in [-0.3, -0.25) is 9.28 Å². The molecular formula is C41H81N2O2+. The van der Waals surface area contributed by atoms with Crippen molar-refractivity contribution >= 4 is 11.8 Å². The first kappa shape index (κ1) is 43.8. The first-order valence-corrected chi connectivity index (χ1v) is 20.2. The van der Waals surface area contributed by atoms with Crippen molar-refractivity contribution in [1.82, 2.24) is 5.32 Å². The third kappa shape index (κ3) is 32.6. The minimum atomic E-state index is 0.176. The van der Waals surface area contributed by atoms with Gasteiger partial charge in [0.05, 0.1) is 27.1 Å². The largest absolute Gasteiger partial charge is 0.356 e. The SMILES string of the molecule is CCCCCCCC/C=C\CCCCCCCC(=O)[N+](C)(C)CCCNC(=O)CCCCCCCCCCCCCCCCC. The van der Waals surface area contributed by atoms with Crippen molar-refractivity contribution in [3.8, 4) is 0 Å². The number of nitrogens with zero attached hydrogens (tertiary/aromatic N) is 1. The van der Waals surface area contributed by atoms with Gasteiger partial charge in [-0.15, -0.1) is 0 Å². The van der Waals surface area contributed by atoms with E-state index in [1.54, 1.807) is 0 Å². The van der Waals surface area contributed by atoms with E-state index in [1.807, 2.05) is 14.1 Å².